The number of amides is 2. The summed E-state index contributed by atoms with van der Waals surface area (Å²) in [5, 5.41) is 5.33. The normalized spacial score (nSPS) is 22.8. The number of anilines is 2. The molecular formula is C18H17F5N4O4. The first-order valence-electron chi connectivity index (χ1n) is 9.36. The maximum atomic E-state index is 14.6. The number of imide groups is 1. The highest BCUT2D eigenvalue weighted by Gasteiger charge is 2.49. The average molecular weight is 448 g/mol. The molecule has 1 atom stereocenters. The molecule has 168 valence electrons. The van der Waals surface area contributed by atoms with Crippen LogP contribution in [0.15, 0.2) is 12.1 Å². The van der Waals surface area contributed by atoms with E-state index in [-0.39, 0.29) is 28.3 Å². The molecule has 0 aliphatic carbocycles. The van der Waals surface area contributed by atoms with Crippen LogP contribution in [0.3, 0.4) is 0 Å². The molecule has 2 N–H and O–H groups in total. The van der Waals surface area contributed by atoms with Gasteiger partial charge in [-0.1, -0.05) is 0 Å². The Morgan fingerprint density at radius 1 is 1.16 bits per heavy atom. The minimum absolute atomic E-state index is 0.0359. The number of nitrogens with one attached hydrogen (secondary N) is 2. The van der Waals surface area contributed by atoms with E-state index in [1.807, 2.05) is 0 Å². The van der Waals surface area contributed by atoms with E-state index in [4.69, 9.17) is 0 Å². The summed E-state index contributed by atoms with van der Waals surface area (Å²) in [6, 6.07) is 0.591. The van der Waals surface area contributed by atoms with Crippen molar-refractivity contribution in [2.75, 3.05) is 36.4 Å². The molecule has 0 radical (unpaired) electrons. The molecule has 1 aromatic rings. The average Bonchev–Trinajstić information content (AvgIpc) is 2.59. The van der Waals surface area contributed by atoms with Gasteiger partial charge >= 0.3 is 12.1 Å². The Labute approximate surface area is 172 Å². The fourth-order valence-electron chi connectivity index (χ4n) is 3.90. The fraction of sp³-hybridized carbons (Fsp3) is 0.500. The van der Waals surface area contributed by atoms with Crippen LogP contribution in [-0.4, -0.2) is 61.2 Å². The summed E-state index contributed by atoms with van der Waals surface area (Å²) in [4.78, 5) is 40.4. The molecule has 1 spiro atoms. The van der Waals surface area contributed by atoms with Crippen molar-refractivity contribution < 1.29 is 41.2 Å². The van der Waals surface area contributed by atoms with E-state index in [1.165, 1.54) is 0 Å². The summed E-state index contributed by atoms with van der Waals surface area (Å²) in [7, 11) is 0. The van der Waals surface area contributed by atoms with Crippen LogP contribution in [0, 0.1) is 17.0 Å². The van der Waals surface area contributed by atoms with Gasteiger partial charge in [-0.25, -0.2) is 13.6 Å². The maximum Gasteiger partial charge on any atom is 0.493 e. The lowest BCUT2D eigenvalue weighted by molar-refractivity contribution is -0.237. The molecule has 13 heteroatoms. The predicted molar refractivity (Wildman–Crippen MR) is 94.5 cm³/mol. The monoisotopic (exact) mass is 448 g/mol. The fourth-order valence-corrected chi connectivity index (χ4v) is 3.90. The Bertz CT molecular complexity index is 918. The number of hydrogen-bond donors (Lipinski definition) is 2. The summed E-state index contributed by atoms with van der Waals surface area (Å²) >= 11 is 0. The number of nitrogens with zero attached hydrogens (tertiary/aromatic N) is 2. The Morgan fingerprint density at radius 3 is 2.29 bits per heavy atom. The van der Waals surface area contributed by atoms with Crippen molar-refractivity contribution in [1.82, 2.24) is 10.4 Å². The minimum atomic E-state index is -5.41. The van der Waals surface area contributed by atoms with Crippen LogP contribution in [0.4, 0.5) is 33.3 Å². The van der Waals surface area contributed by atoms with Gasteiger partial charge in [-0.2, -0.15) is 13.2 Å². The van der Waals surface area contributed by atoms with Crippen LogP contribution in [-0.2, 0) is 19.2 Å². The summed E-state index contributed by atoms with van der Waals surface area (Å²) in [5.74, 6) is -6.88. The molecule has 31 heavy (non-hydrogen) atoms. The number of halogens is 5. The van der Waals surface area contributed by atoms with Crippen LogP contribution >= 0.6 is 0 Å². The lowest BCUT2D eigenvalue weighted by atomic mass is 9.74. The zero-order chi connectivity index (χ0) is 22.6. The topological polar surface area (TPSA) is 91.0 Å². The van der Waals surface area contributed by atoms with Crippen molar-refractivity contribution in [3.63, 3.8) is 0 Å². The largest absolute Gasteiger partial charge is 0.493 e. The van der Waals surface area contributed by atoms with Gasteiger partial charge in [0.1, 0.15) is 11.7 Å². The first kappa shape index (κ1) is 21.3. The van der Waals surface area contributed by atoms with Gasteiger partial charge in [-0.05, 0) is 18.6 Å². The van der Waals surface area contributed by atoms with Gasteiger partial charge in [0.25, 0.3) is 11.8 Å². The molecule has 1 unspecified atom stereocenters. The molecule has 0 saturated carbocycles. The van der Waals surface area contributed by atoms with Crippen molar-refractivity contribution in [2.24, 2.45) is 5.41 Å². The van der Waals surface area contributed by atoms with Gasteiger partial charge in [-0.3, -0.25) is 9.59 Å². The van der Waals surface area contributed by atoms with Gasteiger partial charge in [-0.15, -0.1) is 5.06 Å². The number of alkyl halides is 3. The van der Waals surface area contributed by atoms with Gasteiger partial charge in [0.2, 0.25) is 0 Å². The zero-order valence-corrected chi connectivity index (χ0v) is 15.9. The summed E-state index contributed by atoms with van der Waals surface area (Å²) < 4.78 is 66.3. The van der Waals surface area contributed by atoms with E-state index in [2.05, 4.69) is 15.5 Å². The minimum Gasteiger partial charge on any atom is -0.373 e. The SMILES string of the molecule is O=C1CCC(Nc2cc(F)c(N3CC4(CNC4)C3)c(F)c2)C(=O)N1OC(=O)C(F)(F)F. The molecule has 3 aliphatic heterocycles. The second-order valence-electron chi connectivity index (χ2n) is 7.89. The number of hydroxylamine groups is 2. The van der Waals surface area contributed by atoms with Gasteiger partial charge in [0.15, 0.2) is 11.6 Å². The summed E-state index contributed by atoms with van der Waals surface area (Å²) in [6.45, 7) is 2.57. The second-order valence-corrected chi connectivity index (χ2v) is 7.89. The van der Waals surface area contributed by atoms with Crippen LogP contribution in [0.1, 0.15) is 12.8 Å². The second kappa shape index (κ2) is 7.32. The lowest BCUT2D eigenvalue weighted by Crippen LogP contribution is -2.71. The van der Waals surface area contributed by atoms with Crippen molar-refractivity contribution in [1.29, 1.82) is 0 Å². The smallest absolute Gasteiger partial charge is 0.373 e. The maximum absolute atomic E-state index is 14.6. The van der Waals surface area contributed by atoms with Crippen LogP contribution in [0.25, 0.3) is 0 Å². The van der Waals surface area contributed by atoms with Gasteiger partial charge in [0.05, 0.1) is 0 Å². The molecule has 3 aliphatic rings. The number of piperidine rings is 1. The number of hydrogen-bond acceptors (Lipinski definition) is 7. The first-order chi connectivity index (χ1) is 14.5. The first-order valence-corrected chi connectivity index (χ1v) is 9.36. The number of carbonyl (C=O) groups is 3. The molecule has 4 rings (SSSR count). The Morgan fingerprint density at radius 2 is 1.77 bits per heavy atom. The molecule has 3 fully saturated rings. The molecule has 3 heterocycles. The van der Waals surface area contributed by atoms with Crippen molar-refractivity contribution in [3.05, 3.63) is 23.8 Å². The summed E-state index contributed by atoms with van der Waals surface area (Å²) in [6.07, 6.45) is -5.99. The van der Waals surface area contributed by atoms with E-state index in [1.54, 1.807) is 4.90 Å². The number of benzene rings is 1. The zero-order valence-electron chi connectivity index (χ0n) is 15.9. The van der Waals surface area contributed by atoms with E-state index in [0.717, 1.165) is 25.2 Å². The number of rotatable bonds is 4. The molecule has 0 aromatic heterocycles. The summed E-state index contributed by atoms with van der Waals surface area (Å²) in [5.41, 5.74) is -0.309. The van der Waals surface area contributed by atoms with Crippen LogP contribution in [0.5, 0.6) is 0 Å². The molecular weight excluding hydrogens is 431 g/mol. The molecule has 1 aromatic carbocycles. The van der Waals surface area contributed by atoms with E-state index in [0.29, 0.717) is 13.1 Å². The molecule has 2 amide bonds. The van der Waals surface area contributed by atoms with Crippen molar-refractivity contribution >= 4 is 29.2 Å². The predicted octanol–water partition coefficient (Wildman–Crippen LogP) is 1.32. The highest BCUT2D eigenvalue weighted by atomic mass is 19.4. The van der Waals surface area contributed by atoms with Crippen molar-refractivity contribution in [3.8, 4) is 0 Å². The molecule has 3 saturated heterocycles. The van der Waals surface area contributed by atoms with E-state index < -0.39 is 48.1 Å². The van der Waals surface area contributed by atoms with Crippen LogP contribution in [0.2, 0.25) is 0 Å². The van der Waals surface area contributed by atoms with Gasteiger partial charge in [0, 0.05) is 43.7 Å². The number of carbonyl (C=O) groups excluding carboxylic acids is 3. The highest BCUT2D eigenvalue weighted by molar-refractivity contribution is 6.01. The van der Waals surface area contributed by atoms with Crippen LogP contribution < -0.4 is 15.5 Å². The standard InChI is InChI=1S/C18H17F5N4O4/c19-10-3-9(4-11(20)14(10)26-7-17(8-26)5-24-6-17)25-12-1-2-13(28)27(15(12)29)31-16(30)18(21,22)23/h3-4,12,24-25H,1-2,5-8H2. The van der Waals surface area contributed by atoms with Gasteiger partial charge < -0.3 is 20.4 Å². The Hall–Kier alpha value is -2.96. The highest BCUT2D eigenvalue weighted by Crippen LogP contribution is 2.40. The van der Waals surface area contributed by atoms with E-state index >= 15 is 0 Å². The Kier molecular flexibility index (Phi) is 5.03. The third-order valence-corrected chi connectivity index (χ3v) is 5.50. The third kappa shape index (κ3) is 3.89. The lowest BCUT2D eigenvalue weighted by Gasteiger charge is -2.57. The quantitative estimate of drug-likeness (QED) is 0.531. The van der Waals surface area contributed by atoms with Crippen molar-refractivity contribution in [2.45, 2.75) is 25.1 Å². The Balaban J connectivity index is 1.45. The third-order valence-electron chi connectivity index (χ3n) is 5.50. The molecule has 0 bridgehead atoms. The molecule has 8 nitrogen and oxygen atoms in total. The van der Waals surface area contributed by atoms with E-state index in [9.17, 15) is 36.3 Å².